The molecule has 0 radical (unpaired) electrons. The van der Waals surface area contributed by atoms with E-state index in [0.717, 1.165) is 12.8 Å². The van der Waals surface area contributed by atoms with E-state index in [9.17, 15) is 0 Å². The smallest absolute Gasteiger partial charge is 0.323 e. The molecule has 15 heavy (non-hydrogen) atoms. The van der Waals surface area contributed by atoms with Gasteiger partial charge in [-0.15, -0.1) is 0 Å². The standard InChI is InChI=1S/C9H17N5O/c1-4-5-6-15-9-12-7(10)11-8(13-9)14(2)3/h4-6H2,1-3H3,(H2,10,11,12,13). The number of ether oxygens (including phenoxy) is 1. The predicted octanol–water partition coefficient (Wildman–Crippen LogP) is 0.699. The van der Waals surface area contributed by atoms with E-state index >= 15 is 0 Å². The molecule has 2 N–H and O–H groups in total. The lowest BCUT2D eigenvalue weighted by Crippen LogP contribution is -2.15. The monoisotopic (exact) mass is 211 g/mol. The summed E-state index contributed by atoms with van der Waals surface area (Å²) in [5.41, 5.74) is 5.53. The van der Waals surface area contributed by atoms with Gasteiger partial charge in [0.1, 0.15) is 0 Å². The molecule has 1 heterocycles. The van der Waals surface area contributed by atoms with Crippen molar-refractivity contribution < 1.29 is 4.74 Å². The maximum atomic E-state index is 5.53. The Labute approximate surface area is 89.5 Å². The van der Waals surface area contributed by atoms with E-state index in [-0.39, 0.29) is 5.95 Å². The number of nitrogen functional groups attached to an aromatic ring is 1. The van der Waals surface area contributed by atoms with Crippen LogP contribution in [0.1, 0.15) is 19.8 Å². The van der Waals surface area contributed by atoms with Gasteiger partial charge in [-0.3, -0.25) is 0 Å². The van der Waals surface area contributed by atoms with Crippen LogP contribution in [0.15, 0.2) is 0 Å². The number of nitrogens with zero attached hydrogens (tertiary/aromatic N) is 4. The minimum atomic E-state index is 0.181. The van der Waals surface area contributed by atoms with E-state index in [0.29, 0.717) is 18.6 Å². The summed E-state index contributed by atoms with van der Waals surface area (Å²) in [7, 11) is 3.68. The van der Waals surface area contributed by atoms with E-state index in [1.165, 1.54) is 0 Å². The number of aromatic nitrogens is 3. The van der Waals surface area contributed by atoms with Gasteiger partial charge in [-0.2, -0.15) is 15.0 Å². The zero-order valence-electron chi connectivity index (χ0n) is 9.40. The molecule has 1 aromatic heterocycles. The van der Waals surface area contributed by atoms with Crippen LogP contribution in [0.5, 0.6) is 6.01 Å². The topological polar surface area (TPSA) is 77.2 Å². The highest BCUT2D eigenvalue weighted by Gasteiger charge is 2.06. The fraction of sp³-hybridized carbons (Fsp3) is 0.667. The van der Waals surface area contributed by atoms with Crippen molar-refractivity contribution in [3.63, 3.8) is 0 Å². The molecule has 0 aliphatic carbocycles. The van der Waals surface area contributed by atoms with Crippen molar-refractivity contribution in [2.75, 3.05) is 31.3 Å². The Hall–Kier alpha value is -1.59. The Morgan fingerprint density at radius 3 is 2.60 bits per heavy atom. The number of hydrogen-bond acceptors (Lipinski definition) is 6. The summed E-state index contributed by atoms with van der Waals surface area (Å²) >= 11 is 0. The summed E-state index contributed by atoms with van der Waals surface area (Å²) in [5, 5.41) is 0. The van der Waals surface area contributed by atoms with E-state index in [2.05, 4.69) is 21.9 Å². The molecular formula is C9H17N5O. The third-order valence-electron chi connectivity index (χ3n) is 1.75. The molecule has 84 valence electrons. The van der Waals surface area contributed by atoms with E-state index in [1.54, 1.807) is 4.90 Å². The van der Waals surface area contributed by atoms with E-state index in [1.807, 2.05) is 14.1 Å². The van der Waals surface area contributed by atoms with Crippen molar-refractivity contribution in [1.29, 1.82) is 0 Å². The molecule has 6 heteroatoms. The van der Waals surface area contributed by atoms with Crippen molar-refractivity contribution in [3.05, 3.63) is 0 Å². The average molecular weight is 211 g/mol. The SMILES string of the molecule is CCCCOc1nc(N)nc(N(C)C)n1. The minimum Gasteiger partial charge on any atom is -0.463 e. The van der Waals surface area contributed by atoms with Crippen LogP contribution in [-0.2, 0) is 0 Å². The molecule has 0 saturated carbocycles. The van der Waals surface area contributed by atoms with Crippen LogP contribution in [0.3, 0.4) is 0 Å². The summed E-state index contributed by atoms with van der Waals surface area (Å²) in [6, 6.07) is 0.291. The fourth-order valence-electron chi connectivity index (χ4n) is 0.933. The van der Waals surface area contributed by atoms with Gasteiger partial charge in [0, 0.05) is 14.1 Å². The Morgan fingerprint density at radius 1 is 1.27 bits per heavy atom. The molecule has 1 rings (SSSR count). The first-order chi connectivity index (χ1) is 7.13. The van der Waals surface area contributed by atoms with Crippen LogP contribution < -0.4 is 15.4 Å². The molecule has 1 aromatic rings. The van der Waals surface area contributed by atoms with Crippen molar-refractivity contribution in [2.45, 2.75) is 19.8 Å². The molecule has 0 aliphatic heterocycles. The van der Waals surface area contributed by atoms with Gasteiger partial charge >= 0.3 is 6.01 Å². The quantitative estimate of drug-likeness (QED) is 0.722. The number of anilines is 2. The Bertz CT molecular complexity index is 315. The van der Waals surface area contributed by atoms with E-state index < -0.39 is 0 Å². The van der Waals surface area contributed by atoms with Gasteiger partial charge in [0.05, 0.1) is 6.61 Å². The highest BCUT2D eigenvalue weighted by Crippen LogP contribution is 2.11. The number of rotatable bonds is 5. The second-order valence-corrected chi connectivity index (χ2v) is 3.37. The van der Waals surface area contributed by atoms with E-state index in [4.69, 9.17) is 10.5 Å². The van der Waals surface area contributed by atoms with Crippen molar-refractivity contribution in [2.24, 2.45) is 0 Å². The van der Waals surface area contributed by atoms with Crippen LogP contribution >= 0.6 is 0 Å². The summed E-state index contributed by atoms with van der Waals surface area (Å²) in [6.07, 6.45) is 2.05. The zero-order chi connectivity index (χ0) is 11.3. The van der Waals surface area contributed by atoms with Gasteiger partial charge in [-0.1, -0.05) is 13.3 Å². The lowest BCUT2D eigenvalue weighted by atomic mass is 10.4. The molecule has 0 unspecified atom stereocenters. The lowest BCUT2D eigenvalue weighted by Gasteiger charge is -2.11. The van der Waals surface area contributed by atoms with Crippen molar-refractivity contribution in [3.8, 4) is 6.01 Å². The molecule has 0 bridgehead atoms. The number of hydrogen-bond donors (Lipinski definition) is 1. The van der Waals surface area contributed by atoms with Gasteiger partial charge in [0.2, 0.25) is 11.9 Å². The minimum absolute atomic E-state index is 0.181. The second-order valence-electron chi connectivity index (χ2n) is 3.37. The van der Waals surface area contributed by atoms with Crippen LogP contribution in [0.25, 0.3) is 0 Å². The molecule has 0 aliphatic rings. The maximum Gasteiger partial charge on any atom is 0.323 e. The molecular weight excluding hydrogens is 194 g/mol. The fourth-order valence-corrected chi connectivity index (χ4v) is 0.933. The van der Waals surface area contributed by atoms with Crippen LogP contribution in [0.2, 0.25) is 0 Å². The first-order valence-electron chi connectivity index (χ1n) is 4.95. The van der Waals surface area contributed by atoms with Crippen molar-refractivity contribution >= 4 is 11.9 Å². The highest BCUT2D eigenvalue weighted by molar-refractivity contribution is 5.33. The van der Waals surface area contributed by atoms with Gasteiger partial charge < -0.3 is 15.4 Å². The van der Waals surface area contributed by atoms with Crippen LogP contribution in [0.4, 0.5) is 11.9 Å². The van der Waals surface area contributed by atoms with Crippen LogP contribution in [-0.4, -0.2) is 35.7 Å². The normalized spacial score (nSPS) is 10.1. The van der Waals surface area contributed by atoms with Gasteiger partial charge in [0.15, 0.2) is 0 Å². The highest BCUT2D eigenvalue weighted by atomic mass is 16.5. The third-order valence-corrected chi connectivity index (χ3v) is 1.75. The molecule has 6 nitrogen and oxygen atoms in total. The zero-order valence-corrected chi connectivity index (χ0v) is 9.40. The molecule has 0 aromatic carbocycles. The summed E-state index contributed by atoms with van der Waals surface area (Å²) < 4.78 is 5.35. The maximum absolute atomic E-state index is 5.53. The summed E-state index contributed by atoms with van der Waals surface area (Å²) in [5.74, 6) is 0.689. The Kier molecular flexibility index (Phi) is 4.08. The largest absolute Gasteiger partial charge is 0.463 e. The summed E-state index contributed by atoms with van der Waals surface area (Å²) in [6.45, 7) is 2.70. The molecule has 0 fully saturated rings. The second kappa shape index (κ2) is 5.33. The Balaban J connectivity index is 2.71. The van der Waals surface area contributed by atoms with Crippen LogP contribution in [0, 0.1) is 0 Å². The summed E-state index contributed by atoms with van der Waals surface area (Å²) in [4.78, 5) is 13.7. The number of nitrogens with two attached hydrogens (primary N) is 1. The van der Waals surface area contributed by atoms with Crippen molar-refractivity contribution in [1.82, 2.24) is 15.0 Å². The number of unbranched alkanes of at least 4 members (excludes halogenated alkanes) is 1. The molecule has 0 spiro atoms. The van der Waals surface area contributed by atoms with Gasteiger partial charge in [0.25, 0.3) is 0 Å². The first kappa shape index (κ1) is 11.5. The lowest BCUT2D eigenvalue weighted by molar-refractivity contribution is 0.285. The van der Waals surface area contributed by atoms with Gasteiger partial charge in [-0.25, -0.2) is 0 Å². The predicted molar refractivity (Wildman–Crippen MR) is 59.0 cm³/mol. The molecule has 0 atom stereocenters. The van der Waals surface area contributed by atoms with Gasteiger partial charge in [-0.05, 0) is 6.42 Å². The molecule has 0 saturated heterocycles. The third kappa shape index (κ3) is 3.57. The Morgan fingerprint density at radius 2 is 2.00 bits per heavy atom. The first-order valence-corrected chi connectivity index (χ1v) is 4.95. The average Bonchev–Trinajstić information content (AvgIpc) is 2.17. The molecule has 0 amide bonds.